The summed E-state index contributed by atoms with van der Waals surface area (Å²) < 4.78 is 5.40. The van der Waals surface area contributed by atoms with Crippen LogP contribution in [-0.2, 0) is 4.79 Å². The molecule has 138 valence electrons. The molecular formula is C23H25N2O2+. The van der Waals surface area contributed by atoms with Crippen LogP contribution in [0.1, 0.15) is 18.5 Å². The molecule has 0 aliphatic heterocycles. The van der Waals surface area contributed by atoms with Gasteiger partial charge in [0.15, 0.2) is 6.54 Å². The highest BCUT2D eigenvalue weighted by atomic mass is 16.5. The van der Waals surface area contributed by atoms with E-state index in [1.807, 2.05) is 72.0 Å². The second-order valence-electron chi connectivity index (χ2n) is 6.46. The van der Waals surface area contributed by atoms with Gasteiger partial charge in [-0.25, -0.2) is 0 Å². The molecule has 0 aromatic heterocycles. The van der Waals surface area contributed by atoms with Crippen LogP contribution in [0.25, 0.3) is 11.1 Å². The van der Waals surface area contributed by atoms with Gasteiger partial charge in [0.2, 0.25) is 0 Å². The van der Waals surface area contributed by atoms with Crippen molar-refractivity contribution in [1.82, 2.24) is 0 Å². The average molecular weight is 361 g/mol. The molecule has 0 aliphatic carbocycles. The smallest absolute Gasteiger partial charge is 0.279 e. The van der Waals surface area contributed by atoms with Gasteiger partial charge < -0.3 is 15.4 Å². The summed E-state index contributed by atoms with van der Waals surface area (Å²) in [6, 6.07) is 26.1. The van der Waals surface area contributed by atoms with E-state index in [0.717, 1.165) is 28.1 Å². The van der Waals surface area contributed by atoms with Gasteiger partial charge in [0.25, 0.3) is 5.91 Å². The van der Waals surface area contributed by atoms with Crippen molar-refractivity contribution in [2.45, 2.75) is 13.0 Å². The fraction of sp³-hybridized carbons (Fsp3) is 0.174. The highest BCUT2D eigenvalue weighted by molar-refractivity contribution is 5.91. The molecule has 1 atom stereocenters. The van der Waals surface area contributed by atoms with Gasteiger partial charge in [0.1, 0.15) is 11.8 Å². The second kappa shape index (κ2) is 9.01. The highest BCUT2D eigenvalue weighted by Gasteiger charge is 2.15. The Morgan fingerprint density at radius 3 is 2.26 bits per heavy atom. The summed E-state index contributed by atoms with van der Waals surface area (Å²) in [6.45, 7) is 2.42. The summed E-state index contributed by atoms with van der Waals surface area (Å²) in [7, 11) is 1.66. The number of carbonyl (C=O) groups excluding carboxylic acids is 1. The Morgan fingerprint density at radius 1 is 0.926 bits per heavy atom. The minimum absolute atomic E-state index is 0.0239. The maximum absolute atomic E-state index is 12.3. The molecule has 0 fully saturated rings. The fourth-order valence-electron chi connectivity index (χ4n) is 3.04. The number of hydrogen-bond acceptors (Lipinski definition) is 2. The number of amides is 1. The van der Waals surface area contributed by atoms with Crippen LogP contribution < -0.4 is 15.4 Å². The van der Waals surface area contributed by atoms with Crippen LogP contribution in [0.2, 0.25) is 0 Å². The Bertz CT molecular complexity index is 876. The van der Waals surface area contributed by atoms with Gasteiger partial charge in [-0.15, -0.1) is 0 Å². The summed E-state index contributed by atoms with van der Waals surface area (Å²) in [5.74, 6) is 0.822. The Hall–Kier alpha value is -3.11. The van der Waals surface area contributed by atoms with E-state index in [4.69, 9.17) is 4.74 Å². The van der Waals surface area contributed by atoms with Crippen LogP contribution in [-0.4, -0.2) is 19.6 Å². The van der Waals surface area contributed by atoms with Crippen molar-refractivity contribution in [3.63, 3.8) is 0 Å². The summed E-state index contributed by atoms with van der Waals surface area (Å²) >= 11 is 0. The molecule has 3 N–H and O–H groups in total. The minimum Gasteiger partial charge on any atom is -0.496 e. The standard InChI is InChI=1S/C23H24N2O2/c1-17(21-10-6-7-11-22(21)27-2)24-16-23(26)25-20-14-12-19(13-15-20)18-8-4-3-5-9-18/h3-15,17,24H,16H2,1-2H3,(H,25,26)/p+1/t17-/m0/s1. The fourth-order valence-corrected chi connectivity index (χ4v) is 3.04. The molecule has 4 nitrogen and oxygen atoms in total. The normalized spacial score (nSPS) is 11.6. The Morgan fingerprint density at radius 2 is 1.56 bits per heavy atom. The molecule has 0 heterocycles. The van der Waals surface area contributed by atoms with Gasteiger partial charge in [-0.1, -0.05) is 54.6 Å². The first kappa shape index (κ1) is 18.7. The van der Waals surface area contributed by atoms with Gasteiger partial charge >= 0.3 is 0 Å². The Kier molecular flexibility index (Phi) is 6.23. The lowest BCUT2D eigenvalue weighted by molar-refractivity contribution is -0.682. The quantitative estimate of drug-likeness (QED) is 0.675. The molecule has 0 unspecified atom stereocenters. The number of nitrogens with two attached hydrogens (primary N) is 1. The molecular weight excluding hydrogens is 336 g/mol. The zero-order valence-electron chi connectivity index (χ0n) is 15.7. The monoisotopic (exact) mass is 361 g/mol. The van der Waals surface area contributed by atoms with E-state index in [1.165, 1.54) is 0 Å². The topological polar surface area (TPSA) is 54.9 Å². The van der Waals surface area contributed by atoms with Gasteiger partial charge in [0, 0.05) is 5.69 Å². The van der Waals surface area contributed by atoms with Crippen LogP contribution in [0.15, 0.2) is 78.9 Å². The molecule has 0 bridgehead atoms. The van der Waals surface area contributed by atoms with Gasteiger partial charge in [-0.2, -0.15) is 0 Å². The second-order valence-corrected chi connectivity index (χ2v) is 6.46. The van der Waals surface area contributed by atoms with E-state index in [-0.39, 0.29) is 11.9 Å². The number of methoxy groups -OCH3 is 1. The molecule has 3 aromatic rings. The summed E-state index contributed by atoms with van der Waals surface area (Å²) in [4.78, 5) is 12.3. The van der Waals surface area contributed by atoms with E-state index >= 15 is 0 Å². The van der Waals surface area contributed by atoms with Crippen LogP contribution in [0, 0.1) is 0 Å². The van der Waals surface area contributed by atoms with Crippen LogP contribution >= 0.6 is 0 Å². The zero-order chi connectivity index (χ0) is 19.1. The van der Waals surface area contributed by atoms with Crippen LogP contribution in [0.3, 0.4) is 0 Å². The SMILES string of the molecule is COc1ccccc1[C@H](C)[NH2+]CC(=O)Nc1ccc(-c2ccccc2)cc1. The molecule has 0 saturated heterocycles. The lowest BCUT2D eigenvalue weighted by Gasteiger charge is -2.14. The molecule has 0 aliphatic rings. The van der Waals surface area contributed by atoms with Crippen LogP contribution in [0.4, 0.5) is 5.69 Å². The third kappa shape index (κ3) is 4.96. The van der Waals surface area contributed by atoms with E-state index in [1.54, 1.807) is 7.11 Å². The number of anilines is 1. The summed E-state index contributed by atoms with van der Waals surface area (Å²) in [5.41, 5.74) is 4.18. The molecule has 3 rings (SSSR count). The van der Waals surface area contributed by atoms with Crippen molar-refractivity contribution in [2.24, 2.45) is 0 Å². The highest BCUT2D eigenvalue weighted by Crippen LogP contribution is 2.22. The number of carbonyl (C=O) groups is 1. The molecule has 0 radical (unpaired) electrons. The van der Waals surface area contributed by atoms with Crippen molar-refractivity contribution < 1.29 is 14.8 Å². The molecule has 0 saturated carbocycles. The first-order chi connectivity index (χ1) is 13.2. The molecule has 27 heavy (non-hydrogen) atoms. The minimum atomic E-state index is -0.0239. The van der Waals surface area contributed by atoms with Crippen molar-refractivity contribution in [3.05, 3.63) is 84.4 Å². The van der Waals surface area contributed by atoms with Crippen molar-refractivity contribution in [3.8, 4) is 16.9 Å². The molecule has 4 heteroatoms. The van der Waals surface area contributed by atoms with Gasteiger partial charge in [-0.3, -0.25) is 4.79 Å². The summed E-state index contributed by atoms with van der Waals surface area (Å²) in [5, 5.41) is 4.96. The van der Waals surface area contributed by atoms with E-state index < -0.39 is 0 Å². The number of rotatable bonds is 7. The van der Waals surface area contributed by atoms with Crippen molar-refractivity contribution in [1.29, 1.82) is 0 Å². The maximum atomic E-state index is 12.3. The van der Waals surface area contributed by atoms with E-state index in [0.29, 0.717) is 6.54 Å². The van der Waals surface area contributed by atoms with Gasteiger partial charge in [-0.05, 0) is 42.3 Å². The Balaban J connectivity index is 1.55. The third-order valence-electron chi connectivity index (χ3n) is 4.56. The number of nitrogens with one attached hydrogen (secondary N) is 1. The predicted octanol–water partition coefficient (Wildman–Crippen LogP) is 3.63. The van der Waals surface area contributed by atoms with E-state index in [2.05, 4.69) is 24.4 Å². The molecule has 0 spiro atoms. The van der Waals surface area contributed by atoms with Crippen molar-refractivity contribution in [2.75, 3.05) is 19.0 Å². The van der Waals surface area contributed by atoms with Crippen molar-refractivity contribution >= 4 is 11.6 Å². The Labute approximate surface area is 160 Å². The average Bonchev–Trinajstić information content (AvgIpc) is 2.73. The lowest BCUT2D eigenvalue weighted by Crippen LogP contribution is -2.86. The zero-order valence-corrected chi connectivity index (χ0v) is 15.7. The number of para-hydroxylation sites is 1. The predicted molar refractivity (Wildman–Crippen MR) is 109 cm³/mol. The lowest BCUT2D eigenvalue weighted by atomic mass is 10.1. The first-order valence-corrected chi connectivity index (χ1v) is 9.09. The molecule has 3 aromatic carbocycles. The largest absolute Gasteiger partial charge is 0.496 e. The number of hydrogen-bond donors (Lipinski definition) is 2. The molecule has 1 amide bonds. The number of quaternary nitrogens is 1. The van der Waals surface area contributed by atoms with Gasteiger partial charge in [0.05, 0.1) is 12.7 Å². The first-order valence-electron chi connectivity index (χ1n) is 9.09. The maximum Gasteiger partial charge on any atom is 0.279 e. The summed E-state index contributed by atoms with van der Waals surface area (Å²) in [6.07, 6.45) is 0. The van der Waals surface area contributed by atoms with Crippen LogP contribution in [0.5, 0.6) is 5.75 Å². The number of ether oxygens (including phenoxy) is 1. The van der Waals surface area contributed by atoms with E-state index in [9.17, 15) is 4.79 Å². The number of benzene rings is 3. The third-order valence-corrected chi connectivity index (χ3v) is 4.56.